The molecule has 1 fully saturated rings. The minimum absolute atomic E-state index is 0.0207. The van der Waals surface area contributed by atoms with Gasteiger partial charge in [0.15, 0.2) is 5.71 Å². The quantitative estimate of drug-likeness (QED) is 0.158. The van der Waals surface area contributed by atoms with Gasteiger partial charge in [-0.2, -0.15) is 0 Å². The zero-order valence-electron chi connectivity index (χ0n) is 21.3. The van der Waals surface area contributed by atoms with Crippen molar-refractivity contribution in [2.75, 3.05) is 27.9 Å². The molecule has 9 nitrogen and oxygen atoms in total. The number of rotatable bonds is 12. The van der Waals surface area contributed by atoms with Crippen LogP contribution in [0.3, 0.4) is 0 Å². The van der Waals surface area contributed by atoms with Crippen molar-refractivity contribution in [3.8, 4) is 5.75 Å². The second-order valence-corrected chi connectivity index (χ2v) is 10.1. The summed E-state index contributed by atoms with van der Waals surface area (Å²) in [5.74, 6) is 0.0474. The van der Waals surface area contributed by atoms with Gasteiger partial charge in [-0.1, -0.05) is 46.7 Å². The smallest absolute Gasteiger partial charge is 0.360 e. The molecule has 0 N–H and O–H groups in total. The van der Waals surface area contributed by atoms with Gasteiger partial charge < -0.3 is 24.0 Å². The van der Waals surface area contributed by atoms with E-state index in [2.05, 4.69) is 15.5 Å². The summed E-state index contributed by atoms with van der Waals surface area (Å²) in [7, 11) is 4.07. The Morgan fingerprint density at radius 1 is 0.946 bits per heavy atom. The van der Waals surface area contributed by atoms with Crippen LogP contribution in [0.15, 0.2) is 64.0 Å². The van der Waals surface area contributed by atoms with Crippen LogP contribution in [-0.4, -0.2) is 55.4 Å². The molecule has 0 saturated heterocycles. The van der Waals surface area contributed by atoms with E-state index in [-0.39, 0.29) is 17.7 Å². The summed E-state index contributed by atoms with van der Waals surface area (Å²) in [4.78, 5) is 27.6. The van der Waals surface area contributed by atoms with Gasteiger partial charge in [-0.3, -0.25) is 0 Å². The van der Waals surface area contributed by atoms with Gasteiger partial charge in [0.25, 0.3) is 0 Å². The number of esters is 1. The Morgan fingerprint density at radius 2 is 1.57 bits per heavy atom. The molecule has 0 bridgehead atoms. The minimum Gasteiger partial charge on any atom is -0.493 e. The fourth-order valence-electron chi connectivity index (χ4n) is 3.48. The number of nitrogens with zero attached hydrogens (tertiary/aromatic N) is 3. The molecule has 0 spiro atoms. The summed E-state index contributed by atoms with van der Waals surface area (Å²) >= 11 is 12.4. The molecule has 198 valence electrons. The van der Waals surface area contributed by atoms with Crippen LogP contribution in [0.5, 0.6) is 5.75 Å². The number of benzene rings is 2. The average Bonchev–Trinajstić information content (AvgIpc) is 3.41. The topological polar surface area (TPSA) is 100 Å². The maximum atomic E-state index is 12.1. The maximum Gasteiger partial charge on any atom is 0.360 e. The first-order chi connectivity index (χ1) is 17.7. The van der Waals surface area contributed by atoms with E-state index in [4.69, 9.17) is 47.2 Å². The molecule has 11 heteroatoms. The van der Waals surface area contributed by atoms with Gasteiger partial charge in [-0.05, 0) is 37.6 Å². The molecule has 0 radical (unpaired) electrons. The molecule has 1 atom stereocenters. The van der Waals surface area contributed by atoms with Crippen LogP contribution in [0.1, 0.15) is 37.0 Å². The lowest BCUT2D eigenvalue weighted by atomic mass is 10.0. The van der Waals surface area contributed by atoms with Crippen molar-refractivity contribution in [2.24, 2.45) is 20.9 Å². The van der Waals surface area contributed by atoms with Crippen LogP contribution in [-0.2, 0) is 30.7 Å². The summed E-state index contributed by atoms with van der Waals surface area (Å²) in [6, 6.07) is 14.4. The SMILES string of the molecule is CO/N=C(/C(C)=N/OCc1ccccc1/C(=N\OC)C(=O)OC)c1ccc(OCC2(C)CC2(Cl)Cl)cc1. The second-order valence-electron chi connectivity index (χ2n) is 8.60. The largest absolute Gasteiger partial charge is 0.493 e. The van der Waals surface area contributed by atoms with Gasteiger partial charge in [0.1, 0.15) is 42.3 Å². The van der Waals surface area contributed by atoms with Crippen LogP contribution >= 0.6 is 23.2 Å². The third-order valence-corrected chi connectivity index (χ3v) is 7.02. The Kier molecular flexibility index (Phi) is 9.39. The Labute approximate surface area is 225 Å². The van der Waals surface area contributed by atoms with Crippen LogP contribution in [0.25, 0.3) is 0 Å². The summed E-state index contributed by atoms with van der Waals surface area (Å²) in [5.41, 5.74) is 2.64. The standard InChI is InChI=1S/C26H29Cl2N3O6/c1-17(29-37-14-19-8-6-7-9-21(19)23(31-35-5)24(32)33-3)22(30-34-4)18-10-12-20(13-11-18)36-16-25(2)15-26(25,27)28/h6-13H,14-16H2,1-5H3/b29-17+,30-22-,31-23+. The molecule has 2 aromatic carbocycles. The van der Waals surface area contributed by atoms with Gasteiger partial charge in [0.05, 0.1) is 13.7 Å². The first-order valence-corrected chi connectivity index (χ1v) is 12.1. The lowest BCUT2D eigenvalue weighted by Gasteiger charge is -2.14. The summed E-state index contributed by atoms with van der Waals surface area (Å²) < 4.78 is 9.93. The van der Waals surface area contributed by atoms with Crippen LogP contribution in [0.2, 0.25) is 0 Å². The average molecular weight is 550 g/mol. The number of hydrogen-bond acceptors (Lipinski definition) is 9. The number of ether oxygens (including phenoxy) is 2. The molecule has 1 saturated carbocycles. The van der Waals surface area contributed by atoms with E-state index < -0.39 is 10.3 Å². The third kappa shape index (κ3) is 6.93. The molecule has 2 aromatic rings. The third-order valence-electron chi connectivity index (χ3n) is 5.84. The van der Waals surface area contributed by atoms with Gasteiger partial charge in [-0.15, -0.1) is 23.2 Å². The van der Waals surface area contributed by atoms with E-state index in [0.717, 1.165) is 5.56 Å². The van der Waals surface area contributed by atoms with E-state index in [1.807, 2.05) is 37.3 Å². The van der Waals surface area contributed by atoms with Gasteiger partial charge >= 0.3 is 5.97 Å². The highest BCUT2D eigenvalue weighted by molar-refractivity contribution is 6.51. The number of carbonyl (C=O) groups excluding carboxylic acids is 1. The first-order valence-electron chi connectivity index (χ1n) is 11.3. The molecule has 37 heavy (non-hydrogen) atoms. The Bertz CT molecular complexity index is 1200. The van der Waals surface area contributed by atoms with Crippen molar-refractivity contribution in [3.63, 3.8) is 0 Å². The van der Waals surface area contributed by atoms with Crippen molar-refractivity contribution in [3.05, 3.63) is 65.2 Å². The fraction of sp³-hybridized carbons (Fsp3) is 0.385. The highest BCUT2D eigenvalue weighted by atomic mass is 35.5. The number of alkyl halides is 2. The Morgan fingerprint density at radius 3 is 2.16 bits per heavy atom. The molecule has 0 amide bonds. The summed E-state index contributed by atoms with van der Waals surface area (Å²) in [6.07, 6.45) is 0.690. The van der Waals surface area contributed by atoms with Crippen molar-refractivity contribution in [2.45, 2.75) is 31.2 Å². The van der Waals surface area contributed by atoms with E-state index in [0.29, 0.717) is 41.3 Å². The number of carbonyl (C=O) groups is 1. The van der Waals surface area contributed by atoms with E-state index >= 15 is 0 Å². The first kappa shape index (κ1) is 28.3. The molecule has 0 aliphatic heterocycles. The molecule has 1 aliphatic rings. The summed E-state index contributed by atoms with van der Waals surface area (Å²) in [5, 5.41) is 12.1. The highest BCUT2D eigenvalue weighted by Crippen LogP contribution is 2.63. The Hall–Kier alpha value is -3.30. The lowest BCUT2D eigenvalue weighted by molar-refractivity contribution is -0.132. The van der Waals surface area contributed by atoms with Gasteiger partial charge in [0.2, 0.25) is 0 Å². The van der Waals surface area contributed by atoms with Crippen molar-refractivity contribution >= 4 is 46.3 Å². The normalized spacial score (nSPS) is 19.2. The van der Waals surface area contributed by atoms with Gasteiger partial charge in [-0.25, -0.2) is 4.79 Å². The minimum atomic E-state index is -0.739. The molecule has 1 unspecified atom stereocenters. The molecule has 1 aliphatic carbocycles. The predicted molar refractivity (Wildman–Crippen MR) is 143 cm³/mol. The van der Waals surface area contributed by atoms with E-state index in [1.165, 1.54) is 21.3 Å². The van der Waals surface area contributed by atoms with Crippen LogP contribution in [0.4, 0.5) is 0 Å². The molecule has 3 rings (SSSR count). The van der Waals surface area contributed by atoms with Crippen molar-refractivity contribution in [1.29, 1.82) is 0 Å². The molecule has 0 aromatic heterocycles. The monoisotopic (exact) mass is 549 g/mol. The molecular formula is C26H29Cl2N3O6. The van der Waals surface area contributed by atoms with Crippen molar-refractivity contribution < 1.29 is 28.8 Å². The summed E-state index contributed by atoms with van der Waals surface area (Å²) in [6.45, 7) is 4.21. The van der Waals surface area contributed by atoms with Crippen LogP contribution < -0.4 is 4.74 Å². The number of halogens is 2. The zero-order chi connectivity index (χ0) is 27.1. The zero-order valence-corrected chi connectivity index (χ0v) is 22.8. The maximum absolute atomic E-state index is 12.1. The Balaban J connectivity index is 1.70. The van der Waals surface area contributed by atoms with Crippen molar-refractivity contribution in [1.82, 2.24) is 0 Å². The molecular weight excluding hydrogens is 521 g/mol. The van der Waals surface area contributed by atoms with E-state index in [9.17, 15) is 4.79 Å². The predicted octanol–water partition coefficient (Wildman–Crippen LogP) is 5.12. The second kappa shape index (κ2) is 12.3. The number of hydrogen-bond donors (Lipinski definition) is 0. The number of methoxy groups -OCH3 is 1. The molecule has 0 heterocycles. The lowest BCUT2D eigenvalue weighted by Crippen LogP contribution is -2.19. The fourth-order valence-corrected chi connectivity index (χ4v) is 4.18. The van der Waals surface area contributed by atoms with E-state index in [1.54, 1.807) is 25.1 Å². The number of oxime groups is 3. The van der Waals surface area contributed by atoms with Gasteiger partial charge in [0, 0.05) is 22.1 Å². The van der Waals surface area contributed by atoms with Crippen LogP contribution in [0, 0.1) is 5.41 Å². The highest BCUT2D eigenvalue weighted by Gasteiger charge is 2.63.